The highest BCUT2D eigenvalue weighted by molar-refractivity contribution is 9.10. The van der Waals surface area contributed by atoms with Crippen LogP contribution >= 0.6 is 15.9 Å². The molecule has 1 atom stereocenters. The number of halogens is 1. The maximum absolute atomic E-state index is 12.1. The first kappa shape index (κ1) is 15.2. The van der Waals surface area contributed by atoms with Crippen molar-refractivity contribution in [2.75, 3.05) is 0 Å². The molecule has 2 rings (SSSR count). The summed E-state index contributed by atoms with van der Waals surface area (Å²) < 4.78 is 0.959. The van der Waals surface area contributed by atoms with Crippen LogP contribution in [-0.4, -0.2) is 22.0 Å². The first-order valence-electron chi connectivity index (χ1n) is 6.24. The average Bonchev–Trinajstić information content (AvgIpc) is 2.48. The van der Waals surface area contributed by atoms with Gasteiger partial charge < -0.3 is 10.4 Å². The maximum Gasteiger partial charge on any atom is 0.354 e. The quantitative estimate of drug-likeness (QED) is 0.889. The zero-order chi connectivity index (χ0) is 15.4. The van der Waals surface area contributed by atoms with Crippen molar-refractivity contribution in [3.8, 4) is 0 Å². The van der Waals surface area contributed by atoms with Gasteiger partial charge in [0.2, 0.25) is 0 Å². The van der Waals surface area contributed by atoms with E-state index in [9.17, 15) is 9.59 Å². The van der Waals surface area contributed by atoms with E-state index in [1.165, 1.54) is 18.2 Å². The Labute approximate surface area is 130 Å². The van der Waals surface area contributed by atoms with Crippen LogP contribution in [0.3, 0.4) is 0 Å². The second-order valence-corrected chi connectivity index (χ2v) is 5.38. The second-order valence-electron chi connectivity index (χ2n) is 4.46. The molecule has 5 nitrogen and oxygen atoms in total. The summed E-state index contributed by atoms with van der Waals surface area (Å²) in [6, 6.07) is 11.7. The number of carbonyl (C=O) groups is 2. The summed E-state index contributed by atoms with van der Waals surface area (Å²) in [5, 5.41) is 11.7. The fourth-order valence-corrected chi connectivity index (χ4v) is 2.05. The highest BCUT2D eigenvalue weighted by atomic mass is 79.9. The van der Waals surface area contributed by atoms with Gasteiger partial charge in [0.1, 0.15) is 11.4 Å². The fraction of sp³-hybridized carbons (Fsp3) is 0.133. The summed E-state index contributed by atoms with van der Waals surface area (Å²) >= 11 is 3.35. The van der Waals surface area contributed by atoms with Crippen molar-refractivity contribution in [1.82, 2.24) is 10.3 Å². The Morgan fingerprint density at radius 1 is 1.14 bits per heavy atom. The van der Waals surface area contributed by atoms with Crippen LogP contribution in [0.2, 0.25) is 0 Å². The van der Waals surface area contributed by atoms with E-state index in [2.05, 4.69) is 26.2 Å². The van der Waals surface area contributed by atoms with Gasteiger partial charge in [-0.1, -0.05) is 34.1 Å². The molecule has 1 aromatic carbocycles. The maximum atomic E-state index is 12.1. The van der Waals surface area contributed by atoms with Crippen LogP contribution in [0.4, 0.5) is 0 Å². The average molecular weight is 349 g/mol. The topological polar surface area (TPSA) is 79.3 Å². The molecule has 1 amide bonds. The summed E-state index contributed by atoms with van der Waals surface area (Å²) in [6.07, 6.45) is 0. The van der Waals surface area contributed by atoms with Gasteiger partial charge in [-0.3, -0.25) is 4.79 Å². The van der Waals surface area contributed by atoms with E-state index in [0.717, 1.165) is 10.0 Å². The fourth-order valence-electron chi connectivity index (χ4n) is 1.79. The molecule has 1 aromatic heterocycles. The largest absolute Gasteiger partial charge is 0.477 e. The summed E-state index contributed by atoms with van der Waals surface area (Å²) in [7, 11) is 0. The van der Waals surface area contributed by atoms with Gasteiger partial charge in [-0.25, -0.2) is 9.78 Å². The lowest BCUT2D eigenvalue weighted by Gasteiger charge is -2.14. The Morgan fingerprint density at radius 3 is 2.38 bits per heavy atom. The van der Waals surface area contributed by atoms with Crippen molar-refractivity contribution in [3.63, 3.8) is 0 Å². The first-order chi connectivity index (χ1) is 9.97. The second kappa shape index (κ2) is 6.49. The number of pyridine rings is 1. The number of nitrogens with zero attached hydrogens (tertiary/aromatic N) is 1. The molecule has 0 saturated carbocycles. The molecule has 6 heteroatoms. The number of carboxylic acid groups (broad SMARTS) is 1. The number of hydrogen-bond acceptors (Lipinski definition) is 3. The number of aromatic carboxylic acids is 1. The van der Waals surface area contributed by atoms with Crippen molar-refractivity contribution in [1.29, 1.82) is 0 Å². The number of nitrogens with one attached hydrogen (secondary N) is 1. The van der Waals surface area contributed by atoms with Gasteiger partial charge in [0.05, 0.1) is 6.04 Å². The number of benzene rings is 1. The van der Waals surface area contributed by atoms with Crippen molar-refractivity contribution >= 4 is 27.8 Å². The standard InChI is InChI=1S/C15H13BrN2O3/c1-9(10-5-7-11(16)8-6-10)17-14(19)12-3-2-4-13(18-12)15(20)21/h2-9H,1H3,(H,17,19)(H,20,21). The van der Waals surface area contributed by atoms with Crippen molar-refractivity contribution < 1.29 is 14.7 Å². The van der Waals surface area contributed by atoms with Crippen LogP contribution in [0.25, 0.3) is 0 Å². The van der Waals surface area contributed by atoms with E-state index in [-0.39, 0.29) is 17.4 Å². The molecule has 1 unspecified atom stereocenters. The number of aromatic nitrogens is 1. The third kappa shape index (κ3) is 3.88. The van der Waals surface area contributed by atoms with Gasteiger partial charge in [-0.15, -0.1) is 0 Å². The molecule has 0 spiro atoms. The minimum atomic E-state index is -1.16. The smallest absolute Gasteiger partial charge is 0.354 e. The van der Waals surface area contributed by atoms with Crippen molar-refractivity contribution in [2.24, 2.45) is 0 Å². The third-order valence-corrected chi connectivity index (χ3v) is 3.45. The van der Waals surface area contributed by atoms with E-state index in [4.69, 9.17) is 5.11 Å². The molecule has 0 aliphatic rings. The van der Waals surface area contributed by atoms with Gasteiger partial charge in [-0.05, 0) is 36.8 Å². The molecule has 0 saturated heterocycles. The Balaban J connectivity index is 2.12. The Kier molecular flexibility index (Phi) is 4.70. The summed E-state index contributed by atoms with van der Waals surface area (Å²) in [5.41, 5.74) is 0.874. The highest BCUT2D eigenvalue weighted by Crippen LogP contribution is 2.16. The van der Waals surface area contributed by atoms with Crippen LogP contribution < -0.4 is 5.32 Å². The van der Waals surface area contributed by atoms with Crippen LogP contribution in [-0.2, 0) is 0 Å². The van der Waals surface area contributed by atoms with E-state index in [0.29, 0.717) is 0 Å². The van der Waals surface area contributed by atoms with E-state index >= 15 is 0 Å². The van der Waals surface area contributed by atoms with Gasteiger partial charge >= 0.3 is 5.97 Å². The van der Waals surface area contributed by atoms with Crippen LogP contribution in [0.15, 0.2) is 46.9 Å². The zero-order valence-corrected chi connectivity index (χ0v) is 12.8. The number of carbonyl (C=O) groups excluding carboxylic acids is 1. The summed E-state index contributed by atoms with van der Waals surface area (Å²) in [6.45, 7) is 1.85. The SMILES string of the molecule is CC(NC(=O)c1cccc(C(=O)O)n1)c1ccc(Br)cc1. The van der Waals surface area contributed by atoms with E-state index in [1.54, 1.807) is 0 Å². The lowest BCUT2D eigenvalue weighted by molar-refractivity contribution is 0.0690. The van der Waals surface area contributed by atoms with Crippen molar-refractivity contribution in [2.45, 2.75) is 13.0 Å². The summed E-state index contributed by atoms with van der Waals surface area (Å²) in [5.74, 6) is -1.57. The molecular formula is C15H13BrN2O3. The predicted molar refractivity (Wildman–Crippen MR) is 81.2 cm³/mol. The molecule has 0 fully saturated rings. The molecular weight excluding hydrogens is 336 g/mol. The molecule has 0 radical (unpaired) electrons. The number of amides is 1. The highest BCUT2D eigenvalue weighted by Gasteiger charge is 2.14. The lowest BCUT2D eigenvalue weighted by Crippen LogP contribution is -2.27. The number of carboxylic acids is 1. The lowest BCUT2D eigenvalue weighted by atomic mass is 10.1. The minimum Gasteiger partial charge on any atom is -0.477 e. The Hall–Kier alpha value is -2.21. The monoisotopic (exact) mass is 348 g/mol. The van der Waals surface area contributed by atoms with Crippen LogP contribution in [0, 0.1) is 0 Å². The molecule has 2 N–H and O–H groups in total. The number of hydrogen-bond donors (Lipinski definition) is 2. The zero-order valence-electron chi connectivity index (χ0n) is 11.2. The van der Waals surface area contributed by atoms with Crippen LogP contribution in [0.5, 0.6) is 0 Å². The van der Waals surface area contributed by atoms with Gasteiger partial charge in [0.25, 0.3) is 5.91 Å². The normalized spacial score (nSPS) is 11.7. The molecule has 0 aliphatic heterocycles. The Bertz CT molecular complexity index is 671. The molecule has 2 aromatic rings. The molecule has 1 heterocycles. The molecule has 0 aliphatic carbocycles. The number of rotatable bonds is 4. The molecule has 0 bridgehead atoms. The van der Waals surface area contributed by atoms with E-state index < -0.39 is 11.9 Å². The summed E-state index contributed by atoms with van der Waals surface area (Å²) in [4.78, 5) is 26.8. The van der Waals surface area contributed by atoms with Crippen LogP contribution in [0.1, 0.15) is 39.5 Å². The van der Waals surface area contributed by atoms with Gasteiger partial charge in [0, 0.05) is 4.47 Å². The third-order valence-electron chi connectivity index (χ3n) is 2.92. The first-order valence-corrected chi connectivity index (χ1v) is 7.03. The Morgan fingerprint density at radius 2 is 1.76 bits per heavy atom. The van der Waals surface area contributed by atoms with Crippen molar-refractivity contribution in [3.05, 3.63) is 63.9 Å². The van der Waals surface area contributed by atoms with Gasteiger partial charge in [-0.2, -0.15) is 0 Å². The van der Waals surface area contributed by atoms with Gasteiger partial charge in [0.15, 0.2) is 0 Å². The predicted octanol–water partition coefficient (Wildman–Crippen LogP) is 3.03. The molecule has 108 valence electrons. The minimum absolute atomic E-state index is 0.0823. The van der Waals surface area contributed by atoms with E-state index in [1.807, 2.05) is 31.2 Å². The molecule has 21 heavy (non-hydrogen) atoms.